The number of halogens is 3. The molecule has 21 heavy (non-hydrogen) atoms. The molecule has 120 valence electrons. The summed E-state index contributed by atoms with van der Waals surface area (Å²) in [5.74, 6) is 0. The van der Waals surface area contributed by atoms with Crippen LogP contribution >= 0.6 is 0 Å². The van der Waals surface area contributed by atoms with Crippen molar-refractivity contribution in [2.45, 2.75) is 51.4 Å². The van der Waals surface area contributed by atoms with Crippen LogP contribution in [0.3, 0.4) is 0 Å². The molecule has 0 radical (unpaired) electrons. The minimum Gasteiger partial charge on any atom is -0.379 e. The zero-order chi connectivity index (χ0) is 16.1. The first-order chi connectivity index (χ1) is 9.69. The summed E-state index contributed by atoms with van der Waals surface area (Å²) in [6, 6.07) is 5.33. The Morgan fingerprint density at radius 2 is 1.71 bits per heavy atom. The zero-order valence-electron chi connectivity index (χ0n) is 13.1. The van der Waals surface area contributed by atoms with Gasteiger partial charge in [0.2, 0.25) is 0 Å². The van der Waals surface area contributed by atoms with Gasteiger partial charge >= 0.3 is 6.18 Å². The lowest BCUT2D eigenvalue weighted by Crippen LogP contribution is -2.32. The van der Waals surface area contributed by atoms with E-state index in [0.29, 0.717) is 6.42 Å². The van der Waals surface area contributed by atoms with Crippen LogP contribution in [0.2, 0.25) is 0 Å². The number of hydrogen-bond acceptors (Lipinski definition) is 2. The Hall–Kier alpha value is -1.07. The van der Waals surface area contributed by atoms with Gasteiger partial charge in [0.25, 0.3) is 0 Å². The lowest BCUT2D eigenvalue weighted by Gasteiger charge is -2.29. The van der Waals surface area contributed by atoms with E-state index in [1.54, 1.807) is 19.2 Å². The van der Waals surface area contributed by atoms with Crippen LogP contribution in [0.5, 0.6) is 0 Å². The maximum absolute atomic E-state index is 12.6. The van der Waals surface area contributed by atoms with Crippen LogP contribution in [0, 0.1) is 0 Å². The molecular formula is C16H24F3NO. The molecule has 1 N–H and O–H groups in total. The van der Waals surface area contributed by atoms with Gasteiger partial charge in [0.1, 0.15) is 0 Å². The molecule has 1 unspecified atom stereocenters. The largest absolute Gasteiger partial charge is 0.416 e. The maximum Gasteiger partial charge on any atom is 0.416 e. The van der Waals surface area contributed by atoms with Crippen molar-refractivity contribution in [3.8, 4) is 0 Å². The van der Waals surface area contributed by atoms with E-state index < -0.39 is 11.7 Å². The van der Waals surface area contributed by atoms with Crippen molar-refractivity contribution in [2.75, 3.05) is 13.7 Å². The Kier molecular flexibility index (Phi) is 6.23. The molecule has 0 aromatic heterocycles. The molecule has 1 aromatic carbocycles. The molecule has 0 saturated heterocycles. The molecule has 0 aliphatic carbocycles. The maximum atomic E-state index is 12.6. The van der Waals surface area contributed by atoms with Gasteiger partial charge in [0.05, 0.1) is 11.2 Å². The first-order valence-corrected chi connectivity index (χ1v) is 7.15. The fourth-order valence-corrected chi connectivity index (χ4v) is 2.11. The number of rotatable bonds is 7. The van der Waals surface area contributed by atoms with Crippen molar-refractivity contribution < 1.29 is 17.9 Å². The molecule has 0 saturated carbocycles. The summed E-state index contributed by atoms with van der Waals surface area (Å²) in [6.45, 7) is 6.80. The summed E-state index contributed by atoms with van der Waals surface area (Å²) in [4.78, 5) is 0. The third kappa shape index (κ3) is 5.67. The number of ether oxygens (including phenoxy) is 1. The highest BCUT2D eigenvalue weighted by atomic mass is 19.4. The number of methoxy groups -OCH3 is 1. The molecule has 1 rings (SSSR count). The van der Waals surface area contributed by atoms with Gasteiger partial charge in [-0.1, -0.05) is 19.1 Å². The monoisotopic (exact) mass is 303 g/mol. The Bertz CT molecular complexity index is 426. The van der Waals surface area contributed by atoms with Gasteiger partial charge in [-0.2, -0.15) is 13.2 Å². The molecule has 1 aromatic rings. The second kappa shape index (κ2) is 7.27. The smallest absolute Gasteiger partial charge is 0.379 e. The van der Waals surface area contributed by atoms with Crippen LogP contribution in [-0.2, 0) is 10.9 Å². The van der Waals surface area contributed by atoms with Gasteiger partial charge < -0.3 is 10.1 Å². The van der Waals surface area contributed by atoms with E-state index in [1.165, 1.54) is 0 Å². The Balaban J connectivity index is 2.92. The number of alkyl halides is 3. The summed E-state index contributed by atoms with van der Waals surface area (Å²) >= 11 is 0. The van der Waals surface area contributed by atoms with E-state index in [0.717, 1.165) is 30.7 Å². The van der Waals surface area contributed by atoms with Crippen LogP contribution in [-0.4, -0.2) is 19.3 Å². The van der Waals surface area contributed by atoms with Gasteiger partial charge in [-0.25, -0.2) is 0 Å². The van der Waals surface area contributed by atoms with Crippen molar-refractivity contribution in [1.82, 2.24) is 5.32 Å². The average molecular weight is 303 g/mol. The molecule has 0 aliphatic rings. The molecular weight excluding hydrogens is 279 g/mol. The molecule has 0 spiro atoms. The third-order valence-corrected chi connectivity index (χ3v) is 3.53. The van der Waals surface area contributed by atoms with Gasteiger partial charge in [-0.15, -0.1) is 0 Å². The fraction of sp³-hybridized carbons (Fsp3) is 0.625. The number of nitrogens with one attached hydrogen (secondary N) is 1. The van der Waals surface area contributed by atoms with E-state index in [1.807, 2.05) is 13.8 Å². The van der Waals surface area contributed by atoms with Crippen molar-refractivity contribution in [3.05, 3.63) is 35.4 Å². The second-order valence-electron chi connectivity index (χ2n) is 5.79. The molecule has 2 nitrogen and oxygen atoms in total. The Morgan fingerprint density at radius 1 is 1.14 bits per heavy atom. The normalized spacial score (nSPS) is 14.2. The minimum absolute atomic E-state index is 0.0258. The lowest BCUT2D eigenvalue weighted by molar-refractivity contribution is -0.137. The van der Waals surface area contributed by atoms with Crippen LogP contribution < -0.4 is 5.32 Å². The Morgan fingerprint density at radius 3 is 2.14 bits per heavy atom. The summed E-state index contributed by atoms with van der Waals surface area (Å²) in [5, 5.41) is 3.37. The van der Waals surface area contributed by atoms with Crippen molar-refractivity contribution in [3.63, 3.8) is 0 Å². The predicted molar refractivity (Wildman–Crippen MR) is 78.2 cm³/mol. The molecule has 0 amide bonds. The van der Waals surface area contributed by atoms with Gasteiger partial charge in [0, 0.05) is 13.2 Å². The van der Waals surface area contributed by atoms with Gasteiger partial charge in [-0.05, 0) is 50.9 Å². The first-order valence-electron chi connectivity index (χ1n) is 7.15. The summed E-state index contributed by atoms with van der Waals surface area (Å²) in [5.41, 5.74) is -0.109. The van der Waals surface area contributed by atoms with Gasteiger partial charge in [0.15, 0.2) is 0 Å². The third-order valence-electron chi connectivity index (χ3n) is 3.53. The van der Waals surface area contributed by atoms with E-state index in [4.69, 9.17) is 4.74 Å². The highest BCUT2D eigenvalue weighted by Gasteiger charge is 2.30. The molecule has 1 atom stereocenters. The second-order valence-corrected chi connectivity index (χ2v) is 5.79. The molecule has 0 bridgehead atoms. The quantitative estimate of drug-likeness (QED) is 0.797. The summed E-state index contributed by atoms with van der Waals surface area (Å²) < 4.78 is 43.3. The van der Waals surface area contributed by atoms with Crippen molar-refractivity contribution >= 4 is 0 Å². The standard InChI is InChI=1S/C16H24F3NO/c1-5-10-20-14(11-15(2,3)21-4)12-6-8-13(9-7-12)16(17,18)19/h6-9,14,20H,5,10-11H2,1-4H3. The van der Waals surface area contributed by atoms with Crippen LogP contribution in [0.1, 0.15) is 50.8 Å². The Labute approximate surface area is 124 Å². The molecule has 0 heterocycles. The minimum atomic E-state index is -4.29. The van der Waals surface area contributed by atoms with Gasteiger partial charge in [-0.3, -0.25) is 0 Å². The summed E-state index contributed by atoms with van der Waals surface area (Å²) in [6.07, 6.45) is -2.64. The molecule has 5 heteroatoms. The van der Waals surface area contributed by atoms with Crippen molar-refractivity contribution in [1.29, 1.82) is 0 Å². The van der Waals surface area contributed by atoms with Crippen molar-refractivity contribution in [2.24, 2.45) is 0 Å². The van der Waals surface area contributed by atoms with Crippen LogP contribution in [0.4, 0.5) is 13.2 Å². The lowest BCUT2D eigenvalue weighted by atomic mass is 9.93. The fourth-order valence-electron chi connectivity index (χ4n) is 2.11. The molecule has 0 aliphatic heterocycles. The highest BCUT2D eigenvalue weighted by molar-refractivity contribution is 5.27. The summed E-state index contributed by atoms with van der Waals surface area (Å²) in [7, 11) is 1.64. The van der Waals surface area contributed by atoms with Crippen LogP contribution in [0.25, 0.3) is 0 Å². The predicted octanol–water partition coefficient (Wildman–Crippen LogP) is 4.56. The topological polar surface area (TPSA) is 21.3 Å². The zero-order valence-corrected chi connectivity index (χ0v) is 13.1. The van der Waals surface area contributed by atoms with E-state index in [2.05, 4.69) is 12.2 Å². The van der Waals surface area contributed by atoms with E-state index >= 15 is 0 Å². The SMILES string of the molecule is CCCNC(CC(C)(C)OC)c1ccc(C(F)(F)F)cc1. The number of hydrogen-bond donors (Lipinski definition) is 1. The molecule has 0 fully saturated rings. The highest BCUT2D eigenvalue weighted by Crippen LogP contribution is 2.31. The number of benzene rings is 1. The average Bonchev–Trinajstić information content (AvgIpc) is 2.42. The first kappa shape index (κ1) is 18.0. The van der Waals surface area contributed by atoms with Crippen LogP contribution in [0.15, 0.2) is 24.3 Å². The van der Waals surface area contributed by atoms with E-state index in [9.17, 15) is 13.2 Å². The van der Waals surface area contributed by atoms with E-state index in [-0.39, 0.29) is 11.6 Å².